The quantitative estimate of drug-likeness (QED) is 0.530. The summed E-state index contributed by atoms with van der Waals surface area (Å²) in [6.07, 6.45) is 3.16. The van der Waals surface area contributed by atoms with Crippen LogP contribution >= 0.6 is 0 Å². The number of aromatic nitrogens is 1. The molecule has 0 bridgehead atoms. The van der Waals surface area contributed by atoms with Crippen molar-refractivity contribution in [1.29, 1.82) is 0 Å². The fraction of sp³-hybridized carbons (Fsp3) is 0.765. The third-order valence-electron chi connectivity index (χ3n) is 3.91. The molecule has 6 heteroatoms. The van der Waals surface area contributed by atoms with E-state index in [1.54, 1.807) is 6.20 Å². The van der Waals surface area contributed by atoms with Gasteiger partial charge in [-0.3, -0.25) is 0 Å². The number of nitrogens with zero attached hydrogens (tertiary/aromatic N) is 2. The topological polar surface area (TPSA) is 82.7 Å². The zero-order valence-corrected chi connectivity index (χ0v) is 15.4. The van der Waals surface area contributed by atoms with Gasteiger partial charge in [-0.1, -0.05) is 34.6 Å². The van der Waals surface area contributed by atoms with Crippen LogP contribution in [0.4, 0.5) is 0 Å². The smallest absolute Gasteiger partial charge is 0.216 e. The monoisotopic (exact) mass is 324 g/mol. The normalized spacial score (nSPS) is 13.3. The molecule has 0 saturated carbocycles. The average Bonchev–Trinajstić information content (AvgIpc) is 2.99. The van der Waals surface area contributed by atoms with E-state index in [-0.39, 0.29) is 5.41 Å². The van der Waals surface area contributed by atoms with Crippen molar-refractivity contribution in [3.63, 3.8) is 0 Å². The van der Waals surface area contributed by atoms with Gasteiger partial charge in [-0.15, -0.1) is 0 Å². The average molecular weight is 324 g/mol. The summed E-state index contributed by atoms with van der Waals surface area (Å²) in [6, 6.07) is 0. The lowest BCUT2D eigenvalue weighted by atomic mass is 9.94. The Morgan fingerprint density at radius 2 is 1.87 bits per heavy atom. The maximum absolute atomic E-state index is 10.3. The first kappa shape index (κ1) is 19.5. The van der Waals surface area contributed by atoms with E-state index in [0.29, 0.717) is 37.8 Å². The van der Waals surface area contributed by atoms with Gasteiger partial charge in [0.15, 0.2) is 5.96 Å². The van der Waals surface area contributed by atoms with Crippen LogP contribution in [0.15, 0.2) is 15.6 Å². The van der Waals surface area contributed by atoms with Crippen molar-refractivity contribution in [2.24, 2.45) is 4.99 Å². The molecular formula is C17H32N4O2. The Bertz CT molecular complexity index is 499. The molecule has 0 amide bonds. The first-order chi connectivity index (χ1) is 10.7. The van der Waals surface area contributed by atoms with Crippen molar-refractivity contribution >= 4 is 5.96 Å². The molecule has 0 fully saturated rings. The van der Waals surface area contributed by atoms with Crippen LogP contribution in [0.3, 0.4) is 0 Å². The molecular weight excluding hydrogens is 292 g/mol. The largest absolute Gasteiger partial charge is 0.443 e. The van der Waals surface area contributed by atoms with Crippen LogP contribution in [-0.2, 0) is 12.0 Å². The second-order valence-electron chi connectivity index (χ2n) is 6.85. The Labute approximate surface area is 139 Å². The van der Waals surface area contributed by atoms with Gasteiger partial charge in [0, 0.05) is 18.5 Å². The van der Waals surface area contributed by atoms with Crippen LogP contribution in [0, 0.1) is 0 Å². The summed E-state index contributed by atoms with van der Waals surface area (Å²) in [6.45, 7) is 13.8. The van der Waals surface area contributed by atoms with Gasteiger partial charge in [0.05, 0.1) is 11.8 Å². The number of oxazole rings is 1. The fourth-order valence-corrected chi connectivity index (χ4v) is 1.97. The van der Waals surface area contributed by atoms with Gasteiger partial charge in [0.25, 0.3) is 0 Å². The number of aliphatic hydroxyl groups is 1. The van der Waals surface area contributed by atoms with Crippen molar-refractivity contribution in [3.05, 3.63) is 17.8 Å². The van der Waals surface area contributed by atoms with Gasteiger partial charge in [0.1, 0.15) is 12.3 Å². The van der Waals surface area contributed by atoms with Crippen molar-refractivity contribution in [1.82, 2.24) is 15.6 Å². The minimum atomic E-state index is -0.710. The van der Waals surface area contributed by atoms with Crippen LogP contribution in [0.2, 0.25) is 0 Å². The summed E-state index contributed by atoms with van der Waals surface area (Å²) in [5.74, 6) is 2.10. The summed E-state index contributed by atoms with van der Waals surface area (Å²) in [5, 5.41) is 16.7. The van der Waals surface area contributed by atoms with E-state index >= 15 is 0 Å². The Hall–Kier alpha value is -1.56. The molecule has 3 N–H and O–H groups in total. The van der Waals surface area contributed by atoms with Gasteiger partial charge >= 0.3 is 0 Å². The van der Waals surface area contributed by atoms with Crippen molar-refractivity contribution < 1.29 is 9.52 Å². The molecule has 0 aliphatic heterocycles. The summed E-state index contributed by atoms with van der Waals surface area (Å²) < 4.78 is 5.74. The van der Waals surface area contributed by atoms with E-state index in [4.69, 9.17) is 4.42 Å². The van der Waals surface area contributed by atoms with Gasteiger partial charge < -0.3 is 20.2 Å². The van der Waals surface area contributed by atoms with E-state index in [1.807, 2.05) is 20.8 Å². The minimum Gasteiger partial charge on any atom is -0.443 e. The Kier molecular flexibility index (Phi) is 7.06. The maximum Gasteiger partial charge on any atom is 0.216 e. The van der Waals surface area contributed by atoms with Crippen molar-refractivity contribution in [2.45, 2.75) is 71.9 Å². The van der Waals surface area contributed by atoms with Crippen molar-refractivity contribution in [3.8, 4) is 0 Å². The molecule has 0 aliphatic carbocycles. The summed E-state index contributed by atoms with van der Waals surface area (Å²) >= 11 is 0. The molecule has 6 nitrogen and oxygen atoms in total. The summed E-state index contributed by atoms with van der Waals surface area (Å²) in [5.41, 5.74) is -0.769. The highest BCUT2D eigenvalue weighted by molar-refractivity contribution is 5.79. The van der Waals surface area contributed by atoms with Crippen LogP contribution < -0.4 is 10.6 Å². The number of aliphatic imine (C=N–C) groups is 1. The highest BCUT2D eigenvalue weighted by atomic mass is 16.4. The summed E-state index contributed by atoms with van der Waals surface area (Å²) in [4.78, 5) is 8.76. The first-order valence-corrected chi connectivity index (χ1v) is 8.43. The number of hydrogen-bond acceptors (Lipinski definition) is 4. The number of rotatable bonds is 7. The Morgan fingerprint density at radius 1 is 1.22 bits per heavy atom. The van der Waals surface area contributed by atoms with Crippen LogP contribution in [0.25, 0.3) is 0 Å². The number of guanidine groups is 1. The number of hydrogen-bond donors (Lipinski definition) is 3. The zero-order valence-electron chi connectivity index (χ0n) is 15.4. The zero-order chi connectivity index (χ0) is 17.5. The highest BCUT2D eigenvalue weighted by Crippen LogP contribution is 2.22. The second-order valence-corrected chi connectivity index (χ2v) is 6.85. The summed E-state index contributed by atoms with van der Waals surface area (Å²) in [7, 11) is 0. The van der Waals surface area contributed by atoms with E-state index in [0.717, 1.165) is 12.3 Å². The van der Waals surface area contributed by atoms with Gasteiger partial charge in [-0.2, -0.15) is 0 Å². The number of nitrogens with one attached hydrogen (secondary N) is 2. The molecule has 1 rings (SSSR count). The molecule has 0 aliphatic rings. The molecule has 0 aromatic carbocycles. The molecule has 0 radical (unpaired) electrons. The molecule has 23 heavy (non-hydrogen) atoms. The van der Waals surface area contributed by atoms with Gasteiger partial charge in [-0.05, 0) is 19.8 Å². The molecule has 0 spiro atoms. The predicted molar refractivity (Wildman–Crippen MR) is 93.6 cm³/mol. The molecule has 0 saturated heterocycles. The molecule has 132 valence electrons. The van der Waals surface area contributed by atoms with Crippen LogP contribution in [0.1, 0.15) is 66.0 Å². The third kappa shape index (κ3) is 6.22. The van der Waals surface area contributed by atoms with Crippen LogP contribution in [0.5, 0.6) is 0 Å². The van der Waals surface area contributed by atoms with E-state index < -0.39 is 5.60 Å². The molecule has 0 unspecified atom stereocenters. The molecule has 0 atom stereocenters. The minimum absolute atomic E-state index is 0.0591. The van der Waals surface area contributed by atoms with E-state index in [2.05, 4.69) is 41.4 Å². The van der Waals surface area contributed by atoms with Gasteiger partial charge in [0.2, 0.25) is 5.89 Å². The van der Waals surface area contributed by atoms with Crippen molar-refractivity contribution in [2.75, 3.05) is 13.1 Å². The Balaban J connectivity index is 2.70. The Morgan fingerprint density at radius 3 is 2.35 bits per heavy atom. The molecule has 1 heterocycles. The SMILES string of the molecule is CCNC(=NCc1ncc(C(C)(C)C)o1)NCC(O)(CC)CC. The lowest BCUT2D eigenvalue weighted by Crippen LogP contribution is -2.46. The van der Waals surface area contributed by atoms with Gasteiger partial charge in [-0.25, -0.2) is 9.98 Å². The lowest BCUT2D eigenvalue weighted by molar-refractivity contribution is 0.0367. The highest BCUT2D eigenvalue weighted by Gasteiger charge is 2.22. The maximum atomic E-state index is 10.3. The third-order valence-corrected chi connectivity index (χ3v) is 3.91. The predicted octanol–water partition coefficient (Wildman–Crippen LogP) is 2.58. The fourth-order valence-electron chi connectivity index (χ4n) is 1.97. The van der Waals surface area contributed by atoms with Crippen LogP contribution in [-0.4, -0.2) is 34.7 Å². The second kappa shape index (κ2) is 8.34. The molecule has 1 aromatic heterocycles. The van der Waals surface area contributed by atoms with E-state index in [9.17, 15) is 5.11 Å². The van der Waals surface area contributed by atoms with E-state index in [1.165, 1.54) is 0 Å². The molecule has 1 aromatic rings. The lowest BCUT2D eigenvalue weighted by Gasteiger charge is -2.26. The standard InChI is InChI=1S/C17H32N4O2/c1-7-17(22,8-2)12-21-15(18-9-3)20-11-14-19-10-13(23-14)16(4,5)6/h10,22H,7-9,11-12H2,1-6H3,(H2,18,20,21). The first-order valence-electron chi connectivity index (χ1n) is 8.43.